The van der Waals surface area contributed by atoms with Crippen LogP contribution in [0.2, 0.25) is 0 Å². The Morgan fingerprint density at radius 2 is 2.17 bits per heavy atom. The number of amides is 1. The molecule has 1 aliphatic heterocycles. The van der Waals surface area contributed by atoms with Gasteiger partial charge in [0.1, 0.15) is 5.75 Å². The summed E-state index contributed by atoms with van der Waals surface area (Å²) in [5, 5.41) is 0. The van der Waals surface area contributed by atoms with Gasteiger partial charge in [0.25, 0.3) is 0 Å². The third-order valence-electron chi connectivity index (χ3n) is 4.02. The molecule has 0 aromatic heterocycles. The van der Waals surface area contributed by atoms with Crippen molar-refractivity contribution in [2.75, 3.05) is 26.5 Å². The minimum Gasteiger partial charge on any atom is -0.497 e. The number of carbonyl (C=O) groups is 1. The summed E-state index contributed by atoms with van der Waals surface area (Å²) in [4.78, 5) is 14.4. The summed E-state index contributed by atoms with van der Waals surface area (Å²) < 4.78 is 30.3. The molecule has 1 heterocycles. The Morgan fingerprint density at radius 1 is 1.39 bits per heavy atom. The Balaban J connectivity index is 2.02. The average Bonchev–Trinajstić information content (AvgIpc) is 2.52. The molecule has 23 heavy (non-hydrogen) atoms. The van der Waals surface area contributed by atoms with Crippen LogP contribution in [0.1, 0.15) is 24.8 Å². The number of nitrogens with one attached hydrogen (secondary N) is 1. The second-order valence-corrected chi connectivity index (χ2v) is 7.72. The molecule has 1 saturated heterocycles. The number of benzene rings is 1. The molecule has 6 nitrogen and oxygen atoms in total. The molecule has 1 atom stereocenters. The van der Waals surface area contributed by atoms with Gasteiger partial charge >= 0.3 is 0 Å². The molecule has 1 N–H and O–H groups in total. The fourth-order valence-electron chi connectivity index (χ4n) is 2.85. The van der Waals surface area contributed by atoms with Gasteiger partial charge in [-0.1, -0.05) is 12.1 Å². The van der Waals surface area contributed by atoms with E-state index in [9.17, 15) is 13.2 Å². The van der Waals surface area contributed by atoms with Crippen LogP contribution in [0.3, 0.4) is 0 Å². The molecule has 128 valence electrons. The first-order valence-corrected chi connectivity index (χ1v) is 9.65. The van der Waals surface area contributed by atoms with Gasteiger partial charge in [-0.05, 0) is 37.0 Å². The fraction of sp³-hybridized carbons (Fsp3) is 0.562. The highest BCUT2D eigenvalue weighted by Gasteiger charge is 2.27. The average molecular weight is 340 g/mol. The molecular weight excluding hydrogens is 316 g/mol. The van der Waals surface area contributed by atoms with Gasteiger partial charge in [-0.3, -0.25) is 4.79 Å². The highest BCUT2D eigenvalue weighted by atomic mass is 32.2. The van der Waals surface area contributed by atoms with E-state index in [4.69, 9.17) is 4.74 Å². The van der Waals surface area contributed by atoms with Gasteiger partial charge in [-0.2, -0.15) is 0 Å². The van der Waals surface area contributed by atoms with Gasteiger partial charge in [-0.25, -0.2) is 13.1 Å². The highest BCUT2D eigenvalue weighted by Crippen LogP contribution is 2.19. The third-order valence-corrected chi connectivity index (χ3v) is 4.71. The second kappa shape index (κ2) is 7.79. The molecule has 1 aromatic rings. The number of ether oxygens (including phenoxy) is 1. The van der Waals surface area contributed by atoms with Crippen molar-refractivity contribution in [2.24, 2.45) is 0 Å². The molecule has 1 fully saturated rings. The van der Waals surface area contributed by atoms with Gasteiger partial charge in [0, 0.05) is 19.1 Å². The second-order valence-electron chi connectivity index (χ2n) is 5.89. The van der Waals surface area contributed by atoms with Crippen LogP contribution in [-0.4, -0.2) is 51.7 Å². The predicted molar refractivity (Wildman–Crippen MR) is 88.9 cm³/mol. The number of hydrogen-bond donors (Lipinski definition) is 1. The topological polar surface area (TPSA) is 75.7 Å². The van der Waals surface area contributed by atoms with Crippen LogP contribution < -0.4 is 9.46 Å². The lowest BCUT2D eigenvalue weighted by Crippen LogP contribution is -2.49. The predicted octanol–water partition coefficient (Wildman–Crippen LogP) is 1.17. The minimum atomic E-state index is -3.25. The Morgan fingerprint density at radius 3 is 2.87 bits per heavy atom. The molecule has 1 aromatic carbocycles. The highest BCUT2D eigenvalue weighted by molar-refractivity contribution is 7.88. The molecule has 0 unspecified atom stereocenters. The van der Waals surface area contributed by atoms with E-state index in [0.29, 0.717) is 13.0 Å². The minimum absolute atomic E-state index is 0.0262. The monoisotopic (exact) mass is 340 g/mol. The quantitative estimate of drug-likeness (QED) is 0.843. The van der Waals surface area contributed by atoms with Crippen molar-refractivity contribution in [3.05, 3.63) is 29.8 Å². The van der Waals surface area contributed by atoms with E-state index in [1.807, 2.05) is 24.3 Å². The summed E-state index contributed by atoms with van der Waals surface area (Å²) in [7, 11) is -1.65. The van der Waals surface area contributed by atoms with Crippen molar-refractivity contribution in [1.29, 1.82) is 0 Å². The third kappa shape index (κ3) is 5.51. The van der Waals surface area contributed by atoms with Crippen molar-refractivity contribution in [3.63, 3.8) is 0 Å². The first-order chi connectivity index (χ1) is 10.9. The normalized spacial score (nSPS) is 18.7. The van der Waals surface area contributed by atoms with Crippen LogP contribution >= 0.6 is 0 Å². The van der Waals surface area contributed by atoms with E-state index >= 15 is 0 Å². The number of methoxy groups -OCH3 is 1. The van der Waals surface area contributed by atoms with Crippen molar-refractivity contribution in [2.45, 2.75) is 31.7 Å². The summed E-state index contributed by atoms with van der Waals surface area (Å²) in [6, 6.07) is 7.38. The lowest BCUT2D eigenvalue weighted by molar-refractivity contribution is -0.133. The lowest BCUT2D eigenvalue weighted by atomic mass is 10.0. The molecular formula is C16H24N2O4S. The van der Waals surface area contributed by atoms with Crippen molar-refractivity contribution >= 4 is 15.9 Å². The molecule has 0 aliphatic carbocycles. The largest absolute Gasteiger partial charge is 0.497 e. The summed E-state index contributed by atoms with van der Waals surface area (Å²) in [5.41, 5.74) is 0.898. The maximum Gasteiger partial charge on any atom is 0.227 e. The van der Waals surface area contributed by atoms with Gasteiger partial charge in [0.2, 0.25) is 15.9 Å². The van der Waals surface area contributed by atoms with Crippen molar-refractivity contribution < 1.29 is 17.9 Å². The van der Waals surface area contributed by atoms with E-state index in [-0.39, 0.29) is 18.5 Å². The number of likely N-dealkylation sites (tertiary alicyclic amines) is 1. The maximum absolute atomic E-state index is 12.6. The Labute approximate surface area is 137 Å². The number of carbonyl (C=O) groups excluding carboxylic acids is 1. The zero-order valence-electron chi connectivity index (χ0n) is 13.6. The molecule has 0 saturated carbocycles. The van der Waals surface area contributed by atoms with E-state index in [2.05, 4.69) is 4.72 Å². The van der Waals surface area contributed by atoms with Gasteiger partial charge in [-0.15, -0.1) is 0 Å². The van der Waals surface area contributed by atoms with Gasteiger partial charge < -0.3 is 9.64 Å². The number of hydrogen-bond acceptors (Lipinski definition) is 4. The summed E-state index contributed by atoms with van der Waals surface area (Å²) in [6.07, 6.45) is 4.23. The summed E-state index contributed by atoms with van der Waals surface area (Å²) >= 11 is 0. The van der Waals surface area contributed by atoms with Crippen LogP contribution in [0.25, 0.3) is 0 Å². The Bertz CT molecular complexity index is 645. The van der Waals surface area contributed by atoms with Crippen LogP contribution in [0.4, 0.5) is 0 Å². The number of sulfonamides is 1. The van der Waals surface area contributed by atoms with Gasteiger partial charge in [0.05, 0.1) is 19.8 Å². The molecule has 1 aliphatic rings. The SMILES string of the molecule is COc1cccc(CC(=O)N2CCCC[C@H]2CNS(C)(=O)=O)c1. The first-order valence-electron chi connectivity index (χ1n) is 7.76. The number of piperidine rings is 1. The molecule has 0 bridgehead atoms. The lowest BCUT2D eigenvalue weighted by Gasteiger charge is -2.36. The molecule has 0 spiro atoms. The van der Waals surface area contributed by atoms with Gasteiger partial charge in [0.15, 0.2) is 0 Å². The van der Waals surface area contributed by atoms with Crippen molar-refractivity contribution in [1.82, 2.24) is 9.62 Å². The Kier molecular flexibility index (Phi) is 6.01. The Hall–Kier alpha value is -1.60. The maximum atomic E-state index is 12.6. The van der Waals surface area contributed by atoms with E-state index in [1.54, 1.807) is 12.0 Å². The smallest absolute Gasteiger partial charge is 0.227 e. The zero-order chi connectivity index (χ0) is 16.9. The summed E-state index contributed by atoms with van der Waals surface area (Å²) in [6.45, 7) is 0.960. The van der Waals surface area contributed by atoms with Crippen LogP contribution in [-0.2, 0) is 21.2 Å². The van der Waals surface area contributed by atoms with Crippen LogP contribution in [0, 0.1) is 0 Å². The summed E-state index contributed by atoms with van der Waals surface area (Å²) in [5.74, 6) is 0.752. The molecule has 7 heteroatoms. The van der Waals surface area contributed by atoms with E-state index < -0.39 is 10.0 Å². The van der Waals surface area contributed by atoms with Crippen LogP contribution in [0.5, 0.6) is 5.75 Å². The zero-order valence-corrected chi connectivity index (χ0v) is 14.4. The number of rotatable bonds is 6. The molecule has 2 rings (SSSR count). The van der Waals surface area contributed by atoms with E-state index in [1.165, 1.54) is 0 Å². The first kappa shape index (κ1) is 17.7. The number of nitrogens with zero attached hydrogens (tertiary/aromatic N) is 1. The molecule has 1 amide bonds. The van der Waals surface area contributed by atoms with Crippen molar-refractivity contribution in [3.8, 4) is 5.75 Å². The van der Waals surface area contributed by atoms with E-state index in [0.717, 1.165) is 36.8 Å². The van der Waals surface area contributed by atoms with Crippen LogP contribution in [0.15, 0.2) is 24.3 Å². The fourth-order valence-corrected chi connectivity index (χ4v) is 3.34. The molecule has 0 radical (unpaired) electrons. The standard InChI is InChI=1S/C16H24N2O4S/c1-22-15-8-5-6-13(10-15)11-16(19)18-9-4-3-7-14(18)12-17-23(2,20)21/h5-6,8,10,14,17H,3-4,7,9,11-12H2,1-2H3/t14-/m0/s1.